The van der Waals surface area contributed by atoms with Crippen molar-refractivity contribution in [3.8, 4) is 5.75 Å². The van der Waals surface area contributed by atoms with Crippen LogP contribution >= 0.6 is 0 Å². The second-order valence-electron chi connectivity index (χ2n) is 11.1. The normalized spacial score (nSPS) is 22.1. The van der Waals surface area contributed by atoms with E-state index in [2.05, 4.69) is 0 Å². The maximum Gasteiger partial charge on any atom is 0.269 e. The van der Waals surface area contributed by atoms with Crippen molar-refractivity contribution in [1.29, 1.82) is 0 Å². The lowest BCUT2D eigenvalue weighted by atomic mass is 9.82. The summed E-state index contributed by atoms with van der Waals surface area (Å²) in [5.41, 5.74) is 2.35. The minimum Gasteiger partial charge on any atom is -0.482 e. The zero-order chi connectivity index (χ0) is 29.6. The van der Waals surface area contributed by atoms with Crippen LogP contribution < -0.4 is 14.5 Å². The van der Waals surface area contributed by atoms with Gasteiger partial charge in [-0.2, -0.15) is 0 Å². The molecular weight excluding hydrogens is 534 g/mol. The molecule has 3 aliphatic rings. The van der Waals surface area contributed by atoms with E-state index in [1.54, 1.807) is 61.4 Å². The van der Waals surface area contributed by atoms with Crippen LogP contribution in [-0.4, -0.2) is 59.1 Å². The predicted molar refractivity (Wildman–Crippen MR) is 157 cm³/mol. The van der Waals surface area contributed by atoms with E-state index in [1.807, 2.05) is 36.4 Å². The van der Waals surface area contributed by atoms with E-state index in [9.17, 15) is 24.6 Å². The Bertz CT molecular complexity index is 1600. The number of carbonyl (C=O) groups excluding carboxylic acids is 3. The van der Waals surface area contributed by atoms with Crippen LogP contribution in [0.3, 0.4) is 0 Å². The number of likely N-dealkylation sites (N-methyl/N-ethyl adjacent to an activating group) is 1. The van der Waals surface area contributed by atoms with Gasteiger partial charge in [0.2, 0.25) is 5.91 Å². The lowest BCUT2D eigenvalue weighted by Gasteiger charge is -2.36. The lowest BCUT2D eigenvalue weighted by Crippen LogP contribution is -2.46. The molecule has 0 unspecified atom stereocenters. The van der Waals surface area contributed by atoms with Gasteiger partial charge < -0.3 is 24.7 Å². The molecule has 3 aliphatic heterocycles. The van der Waals surface area contributed by atoms with Crippen LogP contribution in [0, 0.1) is 5.92 Å². The van der Waals surface area contributed by atoms with Crippen molar-refractivity contribution in [2.45, 2.75) is 38.0 Å². The van der Waals surface area contributed by atoms with Gasteiger partial charge in [-0.15, -0.1) is 0 Å². The van der Waals surface area contributed by atoms with Gasteiger partial charge in [0, 0.05) is 37.2 Å². The van der Waals surface area contributed by atoms with Crippen molar-refractivity contribution >= 4 is 34.8 Å². The smallest absolute Gasteiger partial charge is 0.269 e. The SMILES string of the molecule is C[C@@H](/C=C/CC(=O)N1Cc2ccccc2C[C@H]1CO)[C@]1(O)C(=O)N(C)c2ccc(N3C(=O)COc4ccccc43)cc21. The topological polar surface area (TPSA) is 111 Å². The van der Waals surface area contributed by atoms with Crippen molar-refractivity contribution in [2.24, 2.45) is 5.92 Å². The summed E-state index contributed by atoms with van der Waals surface area (Å²) in [5, 5.41) is 21.9. The number of para-hydroxylation sites is 2. The van der Waals surface area contributed by atoms with Gasteiger partial charge in [-0.3, -0.25) is 19.3 Å². The van der Waals surface area contributed by atoms with Crippen molar-refractivity contribution in [1.82, 2.24) is 4.90 Å². The monoisotopic (exact) mass is 567 g/mol. The quantitative estimate of drug-likeness (QED) is 0.442. The average Bonchev–Trinajstić information content (AvgIpc) is 3.21. The first-order valence-corrected chi connectivity index (χ1v) is 14.1. The summed E-state index contributed by atoms with van der Waals surface area (Å²) in [4.78, 5) is 44.2. The fourth-order valence-corrected chi connectivity index (χ4v) is 6.24. The minimum atomic E-state index is -1.90. The number of carbonyl (C=O) groups is 3. The molecular formula is C33H33N3O6. The van der Waals surface area contributed by atoms with Crippen LogP contribution in [0.25, 0.3) is 0 Å². The number of fused-ring (bicyclic) bond motifs is 3. The maximum absolute atomic E-state index is 13.5. The lowest BCUT2D eigenvalue weighted by molar-refractivity contribution is -0.139. The zero-order valence-corrected chi connectivity index (χ0v) is 23.6. The summed E-state index contributed by atoms with van der Waals surface area (Å²) in [7, 11) is 1.61. The predicted octanol–water partition coefficient (Wildman–Crippen LogP) is 3.44. The molecule has 3 amide bonds. The zero-order valence-electron chi connectivity index (χ0n) is 23.6. The Balaban J connectivity index is 1.25. The second kappa shape index (κ2) is 10.7. The van der Waals surface area contributed by atoms with Gasteiger partial charge in [-0.25, -0.2) is 0 Å². The molecule has 6 rings (SSSR count). The molecule has 2 N–H and O–H groups in total. The van der Waals surface area contributed by atoms with Crippen LogP contribution in [0.4, 0.5) is 17.1 Å². The highest BCUT2D eigenvalue weighted by molar-refractivity contribution is 6.09. The fraction of sp³-hybridized carbons (Fsp3) is 0.303. The van der Waals surface area contributed by atoms with Crippen molar-refractivity contribution in [2.75, 3.05) is 30.1 Å². The third kappa shape index (κ3) is 4.45. The third-order valence-corrected chi connectivity index (χ3v) is 8.61. The van der Waals surface area contributed by atoms with E-state index in [-0.39, 0.29) is 37.5 Å². The van der Waals surface area contributed by atoms with Crippen LogP contribution in [0.2, 0.25) is 0 Å². The van der Waals surface area contributed by atoms with Crippen molar-refractivity contribution in [3.63, 3.8) is 0 Å². The second-order valence-corrected chi connectivity index (χ2v) is 11.1. The summed E-state index contributed by atoms with van der Waals surface area (Å²) in [6.45, 7) is 1.91. The number of hydrogen-bond donors (Lipinski definition) is 2. The third-order valence-electron chi connectivity index (χ3n) is 8.61. The van der Waals surface area contributed by atoms with Gasteiger partial charge in [0.1, 0.15) is 5.75 Å². The number of amides is 3. The number of benzene rings is 3. The molecule has 0 saturated carbocycles. The number of nitrogens with zero attached hydrogens (tertiary/aromatic N) is 3. The Morgan fingerprint density at radius 3 is 2.60 bits per heavy atom. The number of hydrogen-bond acceptors (Lipinski definition) is 6. The molecule has 3 aromatic carbocycles. The molecule has 0 bridgehead atoms. The minimum absolute atomic E-state index is 0.0646. The van der Waals surface area contributed by atoms with Gasteiger partial charge >= 0.3 is 0 Å². The first-order chi connectivity index (χ1) is 20.2. The van der Waals surface area contributed by atoms with E-state index in [0.717, 1.165) is 11.1 Å². The Morgan fingerprint density at radius 2 is 1.81 bits per heavy atom. The van der Waals surface area contributed by atoms with Gasteiger partial charge in [0.05, 0.1) is 24.0 Å². The Labute approximate surface area is 244 Å². The Kier molecular flexibility index (Phi) is 7.08. The molecule has 42 heavy (non-hydrogen) atoms. The maximum atomic E-state index is 13.5. The largest absolute Gasteiger partial charge is 0.482 e. The highest BCUT2D eigenvalue weighted by Crippen LogP contribution is 2.47. The van der Waals surface area contributed by atoms with E-state index in [1.165, 1.54) is 9.80 Å². The average molecular weight is 568 g/mol. The van der Waals surface area contributed by atoms with E-state index in [4.69, 9.17) is 4.74 Å². The van der Waals surface area contributed by atoms with Crippen LogP contribution in [0.1, 0.15) is 30.0 Å². The van der Waals surface area contributed by atoms with E-state index >= 15 is 0 Å². The van der Waals surface area contributed by atoms with Crippen molar-refractivity contribution in [3.05, 3.63) is 95.6 Å². The molecule has 3 atom stereocenters. The highest BCUT2D eigenvalue weighted by Gasteiger charge is 2.51. The van der Waals surface area contributed by atoms with Gasteiger partial charge in [-0.1, -0.05) is 55.5 Å². The first-order valence-electron chi connectivity index (χ1n) is 14.1. The Morgan fingerprint density at radius 1 is 1.07 bits per heavy atom. The molecule has 9 heteroatoms. The molecule has 0 spiro atoms. The number of aliphatic hydroxyl groups is 2. The van der Waals surface area contributed by atoms with Gasteiger partial charge in [0.25, 0.3) is 11.8 Å². The number of ether oxygens (including phenoxy) is 1. The molecule has 3 aromatic rings. The molecule has 0 radical (unpaired) electrons. The highest BCUT2D eigenvalue weighted by atomic mass is 16.5. The van der Waals surface area contributed by atoms with Crippen molar-refractivity contribution < 1.29 is 29.3 Å². The molecule has 9 nitrogen and oxygen atoms in total. The molecule has 0 aliphatic carbocycles. The van der Waals surface area contributed by atoms with E-state index < -0.39 is 17.4 Å². The van der Waals surface area contributed by atoms with Crippen LogP contribution in [-0.2, 0) is 33.0 Å². The molecule has 216 valence electrons. The standard InChI is InChI=1S/C33H33N3O6/c1-21(8-7-13-30(38)35-18-23-10-4-3-9-22(23)16-25(35)19-37)33(41)26-17-24(14-15-27(26)34(2)32(33)40)36-28-11-5-6-12-29(28)42-20-31(36)39/h3-12,14-15,17,21,25,37,41H,13,16,18-20H2,1-2H3/b8-7+/t21-,25-,33+/m0/s1. The summed E-state index contributed by atoms with van der Waals surface area (Å²) >= 11 is 0. The number of aliphatic hydroxyl groups excluding tert-OH is 1. The summed E-state index contributed by atoms with van der Waals surface area (Å²) in [6, 6.07) is 20.0. The summed E-state index contributed by atoms with van der Waals surface area (Å²) in [5.74, 6) is -0.994. The molecule has 0 aromatic heterocycles. The Hall–Kier alpha value is -4.47. The van der Waals surface area contributed by atoms with Crippen LogP contribution in [0.5, 0.6) is 5.75 Å². The fourth-order valence-electron chi connectivity index (χ4n) is 6.24. The van der Waals surface area contributed by atoms with Gasteiger partial charge in [0.15, 0.2) is 12.2 Å². The molecule has 3 heterocycles. The summed E-state index contributed by atoms with van der Waals surface area (Å²) in [6.07, 6.45) is 4.02. The number of anilines is 3. The van der Waals surface area contributed by atoms with E-state index in [0.29, 0.717) is 41.3 Å². The van der Waals surface area contributed by atoms with Gasteiger partial charge in [-0.05, 0) is 47.9 Å². The first kappa shape index (κ1) is 27.7. The molecule has 0 saturated heterocycles. The van der Waals surface area contributed by atoms with Crippen LogP contribution in [0.15, 0.2) is 78.9 Å². The summed E-state index contributed by atoms with van der Waals surface area (Å²) < 4.78 is 5.57. The molecule has 0 fully saturated rings. The number of rotatable bonds is 6.